The normalized spacial score (nSPS) is 11.5. The van der Waals surface area contributed by atoms with Crippen molar-refractivity contribution in [2.45, 2.75) is 4.90 Å². The monoisotopic (exact) mass is 362 g/mol. The van der Waals surface area contributed by atoms with Crippen molar-refractivity contribution in [1.82, 2.24) is 4.98 Å². The minimum Gasteiger partial charge on any atom is -0.278 e. The minimum atomic E-state index is -3.62. The lowest BCUT2D eigenvalue weighted by Gasteiger charge is -2.08. The lowest BCUT2D eigenvalue weighted by molar-refractivity contribution is 0.601. The van der Waals surface area contributed by atoms with Gasteiger partial charge in [0.1, 0.15) is 4.60 Å². The zero-order valence-corrected chi connectivity index (χ0v) is 13.2. The smallest absolute Gasteiger partial charge is 0.261 e. The summed E-state index contributed by atoms with van der Waals surface area (Å²) in [6, 6.07) is 16.0. The lowest BCUT2D eigenvalue weighted by atomic mass is 10.1. The molecule has 0 saturated heterocycles. The Bertz CT molecular complexity index is 893. The van der Waals surface area contributed by atoms with E-state index < -0.39 is 10.0 Å². The predicted molar refractivity (Wildman–Crippen MR) is 86.7 cm³/mol. The van der Waals surface area contributed by atoms with Gasteiger partial charge in [-0.15, -0.1) is 0 Å². The minimum absolute atomic E-state index is 0.226. The van der Waals surface area contributed by atoms with Crippen LogP contribution in [0.15, 0.2) is 70.3 Å². The molecule has 0 aliphatic carbocycles. The van der Waals surface area contributed by atoms with E-state index in [9.17, 15) is 8.42 Å². The van der Waals surface area contributed by atoms with E-state index in [1.165, 1.54) is 6.20 Å². The summed E-state index contributed by atoms with van der Waals surface area (Å²) in [4.78, 5) is 4.22. The van der Waals surface area contributed by atoms with Crippen molar-refractivity contribution in [2.24, 2.45) is 0 Å². The number of sulfonamides is 1. The molecule has 0 aliphatic rings. The van der Waals surface area contributed by atoms with Gasteiger partial charge in [0, 0.05) is 0 Å². The first-order chi connectivity index (χ1) is 10.0. The average molecular weight is 363 g/mol. The van der Waals surface area contributed by atoms with E-state index in [4.69, 9.17) is 0 Å². The van der Waals surface area contributed by atoms with Crippen molar-refractivity contribution in [3.05, 3.63) is 65.4 Å². The molecule has 6 heteroatoms. The van der Waals surface area contributed by atoms with E-state index >= 15 is 0 Å². The molecule has 1 aromatic heterocycles. The second kappa shape index (κ2) is 5.46. The number of fused-ring (bicyclic) bond motifs is 1. The molecule has 3 rings (SSSR count). The van der Waals surface area contributed by atoms with Crippen LogP contribution in [-0.4, -0.2) is 13.4 Å². The molecule has 0 unspecified atom stereocenters. The molecule has 0 aliphatic heterocycles. The van der Waals surface area contributed by atoms with Gasteiger partial charge in [0.15, 0.2) is 0 Å². The van der Waals surface area contributed by atoms with Crippen LogP contribution in [0.5, 0.6) is 0 Å². The van der Waals surface area contributed by atoms with Gasteiger partial charge in [-0.3, -0.25) is 4.72 Å². The summed E-state index contributed by atoms with van der Waals surface area (Å²) >= 11 is 3.21. The van der Waals surface area contributed by atoms with E-state index in [-0.39, 0.29) is 4.90 Å². The van der Waals surface area contributed by atoms with Crippen LogP contribution in [0.25, 0.3) is 10.8 Å². The van der Waals surface area contributed by atoms with Crippen molar-refractivity contribution in [2.75, 3.05) is 4.72 Å². The van der Waals surface area contributed by atoms with Crippen LogP contribution in [-0.2, 0) is 10.0 Å². The number of halogens is 1. The Kier molecular flexibility index (Phi) is 3.65. The van der Waals surface area contributed by atoms with Crippen molar-refractivity contribution < 1.29 is 8.42 Å². The van der Waals surface area contributed by atoms with Crippen LogP contribution in [0.4, 0.5) is 5.69 Å². The van der Waals surface area contributed by atoms with Crippen LogP contribution < -0.4 is 4.72 Å². The van der Waals surface area contributed by atoms with Crippen LogP contribution in [0, 0.1) is 0 Å². The van der Waals surface area contributed by atoms with Crippen molar-refractivity contribution in [3.63, 3.8) is 0 Å². The van der Waals surface area contributed by atoms with Gasteiger partial charge in [-0.2, -0.15) is 0 Å². The maximum Gasteiger partial charge on any atom is 0.261 e. The van der Waals surface area contributed by atoms with E-state index in [0.29, 0.717) is 10.3 Å². The zero-order valence-electron chi connectivity index (χ0n) is 10.8. The van der Waals surface area contributed by atoms with Crippen molar-refractivity contribution in [3.8, 4) is 0 Å². The third-order valence-electron chi connectivity index (χ3n) is 3.01. The first-order valence-electron chi connectivity index (χ1n) is 6.18. The topological polar surface area (TPSA) is 59.1 Å². The predicted octanol–water partition coefficient (Wildman–Crippen LogP) is 3.80. The number of aromatic nitrogens is 1. The van der Waals surface area contributed by atoms with E-state index in [2.05, 4.69) is 25.6 Å². The fourth-order valence-corrected chi connectivity index (χ4v) is 3.30. The van der Waals surface area contributed by atoms with Gasteiger partial charge < -0.3 is 0 Å². The fourth-order valence-electron chi connectivity index (χ4n) is 1.98. The first-order valence-corrected chi connectivity index (χ1v) is 8.45. The van der Waals surface area contributed by atoms with Crippen LogP contribution in [0.3, 0.4) is 0 Å². The molecule has 106 valence electrons. The Hall–Kier alpha value is -1.92. The lowest BCUT2D eigenvalue weighted by Crippen LogP contribution is -2.13. The molecule has 0 spiro atoms. The summed E-state index contributed by atoms with van der Waals surface area (Å²) in [6.45, 7) is 0. The van der Waals surface area contributed by atoms with Gasteiger partial charge in [0.2, 0.25) is 0 Å². The molecule has 2 aromatic carbocycles. The van der Waals surface area contributed by atoms with E-state index in [0.717, 1.165) is 10.8 Å². The highest BCUT2D eigenvalue weighted by Gasteiger charge is 2.14. The summed E-state index contributed by atoms with van der Waals surface area (Å²) in [7, 11) is -3.62. The van der Waals surface area contributed by atoms with Gasteiger partial charge >= 0.3 is 0 Å². The molecule has 0 radical (unpaired) electrons. The summed E-state index contributed by atoms with van der Waals surface area (Å²) < 4.78 is 27.9. The average Bonchev–Trinajstić information content (AvgIpc) is 2.49. The van der Waals surface area contributed by atoms with Crippen molar-refractivity contribution in [1.29, 1.82) is 0 Å². The molecule has 0 saturated carbocycles. The van der Waals surface area contributed by atoms with Gasteiger partial charge in [-0.05, 0) is 51.0 Å². The maximum atomic E-state index is 12.4. The first kappa shape index (κ1) is 14.0. The summed E-state index contributed by atoms with van der Waals surface area (Å²) in [5, 5.41) is 1.89. The number of nitrogens with zero attached hydrogens (tertiary/aromatic N) is 1. The molecular formula is C15H11BrN2O2S. The van der Waals surface area contributed by atoms with Crippen LogP contribution >= 0.6 is 15.9 Å². The molecule has 0 amide bonds. The molecule has 3 aromatic rings. The molecule has 21 heavy (non-hydrogen) atoms. The second-order valence-electron chi connectivity index (χ2n) is 4.48. The van der Waals surface area contributed by atoms with Crippen LogP contribution in [0.1, 0.15) is 0 Å². The molecule has 0 bridgehead atoms. The highest BCUT2D eigenvalue weighted by molar-refractivity contribution is 9.10. The number of pyridine rings is 1. The van der Waals surface area contributed by atoms with Gasteiger partial charge in [0.25, 0.3) is 10.0 Å². The Morgan fingerprint density at radius 2 is 1.71 bits per heavy atom. The third kappa shape index (κ3) is 3.06. The number of nitrogens with one attached hydrogen (secondary N) is 1. The van der Waals surface area contributed by atoms with Gasteiger partial charge in [-0.1, -0.05) is 30.3 Å². The summed E-state index contributed by atoms with van der Waals surface area (Å²) in [6.07, 6.45) is 1.46. The second-order valence-corrected chi connectivity index (χ2v) is 6.98. The molecule has 4 nitrogen and oxygen atoms in total. The Morgan fingerprint density at radius 3 is 2.43 bits per heavy atom. The largest absolute Gasteiger partial charge is 0.278 e. The summed E-state index contributed by atoms with van der Waals surface area (Å²) in [5.74, 6) is 0. The quantitative estimate of drug-likeness (QED) is 0.720. The standard InChI is InChI=1S/C15H11BrN2O2S/c16-15-8-6-13(10-17-15)18-21(19,20)14-7-5-11-3-1-2-4-12(11)9-14/h1-10,18H. The highest BCUT2D eigenvalue weighted by Crippen LogP contribution is 2.21. The Labute approximate surface area is 131 Å². The third-order valence-corrected chi connectivity index (χ3v) is 4.86. The Morgan fingerprint density at radius 1 is 0.952 bits per heavy atom. The number of hydrogen-bond donors (Lipinski definition) is 1. The molecule has 0 atom stereocenters. The molecular weight excluding hydrogens is 352 g/mol. The fraction of sp³-hybridized carbons (Fsp3) is 0. The Balaban J connectivity index is 1.97. The molecule has 1 N–H and O–H groups in total. The van der Waals surface area contributed by atoms with Gasteiger partial charge in [-0.25, -0.2) is 13.4 Å². The number of benzene rings is 2. The van der Waals surface area contributed by atoms with E-state index in [1.807, 2.05) is 24.3 Å². The number of hydrogen-bond acceptors (Lipinski definition) is 3. The summed E-state index contributed by atoms with van der Waals surface area (Å²) in [5.41, 5.74) is 0.423. The zero-order chi connectivity index (χ0) is 14.9. The number of anilines is 1. The van der Waals surface area contributed by atoms with Crippen molar-refractivity contribution >= 4 is 42.4 Å². The molecule has 0 fully saturated rings. The highest BCUT2D eigenvalue weighted by atomic mass is 79.9. The maximum absolute atomic E-state index is 12.4. The molecule has 1 heterocycles. The van der Waals surface area contributed by atoms with Gasteiger partial charge in [0.05, 0.1) is 16.8 Å². The van der Waals surface area contributed by atoms with Crippen LogP contribution in [0.2, 0.25) is 0 Å². The van der Waals surface area contributed by atoms with E-state index in [1.54, 1.807) is 30.3 Å². The SMILES string of the molecule is O=S(=O)(Nc1ccc(Br)nc1)c1ccc2ccccc2c1. The number of rotatable bonds is 3.